The Kier molecular flexibility index (Phi) is 5.84. The van der Waals surface area contributed by atoms with Gasteiger partial charge in [-0.1, -0.05) is 11.3 Å². The molecule has 0 bridgehead atoms. The number of hydrogen-bond donors (Lipinski definition) is 2. The van der Waals surface area contributed by atoms with E-state index in [9.17, 15) is 14.4 Å². The molecule has 1 aliphatic rings. The van der Waals surface area contributed by atoms with E-state index in [1.165, 1.54) is 36.2 Å². The number of primary amides is 1. The smallest absolute Gasteiger partial charge is 0.294 e. The van der Waals surface area contributed by atoms with Crippen molar-refractivity contribution in [2.45, 2.75) is 25.8 Å². The van der Waals surface area contributed by atoms with Gasteiger partial charge in [-0.15, -0.1) is 0 Å². The first-order valence-electron chi connectivity index (χ1n) is 10.9. The molecule has 5 rings (SSSR count). The third kappa shape index (κ3) is 4.29. The van der Waals surface area contributed by atoms with Gasteiger partial charge >= 0.3 is 0 Å². The van der Waals surface area contributed by atoms with Crippen LogP contribution in [-0.4, -0.2) is 39.7 Å². The van der Waals surface area contributed by atoms with Gasteiger partial charge in [0.25, 0.3) is 5.56 Å². The van der Waals surface area contributed by atoms with Crippen LogP contribution in [0.5, 0.6) is 0 Å². The Balaban J connectivity index is 1.48. The number of fused-ring (bicyclic) bond motifs is 1. The number of carbonyl (C=O) groups is 2. The van der Waals surface area contributed by atoms with Gasteiger partial charge in [0, 0.05) is 24.3 Å². The van der Waals surface area contributed by atoms with E-state index in [-0.39, 0.29) is 12.1 Å². The minimum atomic E-state index is -0.556. The van der Waals surface area contributed by atoms with Gasteiger partial charge in [0.1, 0.15) is 12.2 Å². The molecule has 34 heavy (non-hydrogen) atoms. The van der Waals surface area contributed by atoms with Gasteiger partial charge in [-0.05, 0) is 55.7 Å². The lowest BCUT2D eigenvalue weighted by Gasteiger charge is -2.25. The number of piperidine rings is 1. The van der Waals surface area contributed by atoms with Crippen molar-refractivity contribution in [3.63, 3.8) is 0 Å². The quantitative estimate of drug-likeness (QED) is 0.435. The average molecular weight is 479 g/mol. The van der Waals surface area contributed by atoms with Crippen molar-refractivity contribution in [2.24, 2.45) is 5.73 Å². The van der Waals surface area contributed by atoms with Crippen LogP contribution in [0.15, 0.2) is 51.9 Å². The molecule has 0 aliphatic carbocycles. The number of hydrogen-bond acceptors (Lipinski definition) is 8. The minimum Gasteiger partial charge on any atom is -0.463 e. The number of nitrogens with zero attached hydrogens (tertiary/aromatic N) is 4. The van der Waals surface area contributed by atoms with Crippen LogP contribution in [0.25, 0.3) is 21.7 Å². The molecule has 3 N–H and O–H groups in total. The second kappa shape index (κ2) is 9.10. The molecule has 0 atom stereocenters. The molecular formula is C23H22N6O4S. The molecule has 0 saturated carbocycles. The highest BCUT2D eigenvalue weighted by molar-refractivity contribution is 7.22. The van der Waals surface area contributed by atoms with E-state index in [2.05, 4.69) is 20.3 Å². The summed E-state index contributed by atoms with van der Waals surface area (Å²) in [5.74, 6) is -0.507. The van der Waals surface area contributed by atoms with Gasteiger partial charge in [-0.25, -0.2) is 9.67 Å². The van der Waals surface area contributed by atoms with Gasteiger partial charge in [0.15, 0.2) is 16.4 Å². The molecule has 4 aromatic rings. The summed E-state index contributed by atoms with van der Waals surface area (Å²) >= 11 is 1.42. The molecule has 174 valence electrons. The van der Waals surface area contributed by atoms with Gasteiger partial charge in [-0.2, -0.15) is 5.10 Å². The third-order valence-electron chi connectivity index (χ3n) is 5.62. The number of benzene rings is 1. The summed E-state index contributed by atoms with van der Waals surface area (Å²) in [5, 5.41) is 7.94. The molecule has 0 spiro atoms. The zero-order chi connectivity index (χ0) is 23.7. The topological polar surface area (TPSA) is 136 Å². The van der Waals surface area contributed by atoms with Crippen molar-refractivity contribution in [2.75, 3.05) is 23.3 Å². The standard InChI is InChI=1S/C23H22N6O4S/c24-21(31)14-6-8-15(9-7-14)25-17(30)13-29-22(32)19-20(18(27-29)16-5-4-12-33-16)34-23(26-19)28-10-2-1-3-11-28/h4-9,12H,1-3,10-11,13H2,(H2,24,31)(H,25,30). The number of amides is 2. The Morgan fingerprint density at radius 3 is 2.56 bits per heavy atom. The van der Waals surface area contributed by atoms with Crippen LogP contribution in [-0.2, 0) is 11.3 Å². The molecule has 2 amide bonds. The predicted octanol–water partition coefficient (Wildman–Crippen LogP) is 2.84. The van der Waals surface area contributed by atoms with Crippen LogP contribution >= 0.6 is 11.3 Å². The lowest BCUT2D eigenvalue weighted by atomic mass is 10.1. The number of nitrogens with two attached hydrogens (primary N) is 1. The van der Waals surface area contributed by atoms with Crippen LogP contribution in [0.2, 0.25) is 0 Å². The Labute approximate surface area is 198 Å². The Hall–Kier alpha value is -3.99. The maximum absolute atomic E-state index is 13.2. The largest absolute Gasteiger partial charge is 0.463 e. The molecule has 3 aromatic heterocycles. The summed E-state index contributed by atoms with van der Waals surface area (Å²) in [6, 6.07) is 9.67. The highest BCUT2D eigenvalue weighted by Gasteiger charge is 2.23. The maximum atomic E-state index is 13.2. The van der Waals surface area contributed by atoms with E-state index >= 15 is 0 Å². The lowest BCUT2D eigenvalue weighted by molar-refractivity contribution is -0.117. The van der Waals surface area contributed by atoms with Crippen molar-refractivity contribution in [1.29, 1.82) is 0 Å². The summed E-state index contributed by atoms with van der Waals surface area (Å²) in [4.78, 5) is 44.0. The fourth-order valence-electron chi connectivity index (χ4n) is 3.90. The molecular weight excluding hydrogens is 456 g/mol. The molecule has 0 radical (unpaired) electrons. The van der Waals surface area contributed by atoms with Crippen LogP contribution in [0.3, 0.4) is 0 Å². The highest BCUT2D eigenvalue weighted by Crippen LogP contribution is 2.34. The maximum Gasteiger partial charge on any atom is 0.294 e. The van der Waals surface area contributed by atoms with Crippen LogP contribution in [0.4, 0.5) is 10.8 Å². The number of aromatic nitrogens is 3. The molecule has 0 unspecified atom stereocenters. The van der Waals surface area contributed by atoms with E-state index in [1.807, 2.05) is 0 Å². The predicted molar refractivity (Wildman–Crippen MR) is 129 cm³/mol. The Morgan fingerprint density at radius 2 is 1.88 bits per heavy atom. The first-order chi connectivity index (χ1) is 16.5. The van der Waals surface area contributed by atoms with Crippen LogP contribution in [0.1, 0.15) is 29.6 Å². The second-order valence-electron chi connectivity index (χ2n) is 8.00. The molecule has 1 aromatic carbocycles. The van der Waals surface area contributed by atoms with E-state index in [4.69, 9.17) is 10.2 Å². The Morgan fingerprint density at radius 1 is 1.12 bits per heavy atom. The molecule has 1 fully saturated rings. The van der Waals surface area contributed by atoms with E-state index in [0.29, 0.717) is 27.4 Å². The van der Waals surface area contributed by atoms with E-state index in [1.54, 1.807) is 24.3 Å². The van der Waals surface area contributed by atoms with Crippen molar-refractivity contribution >= 4 is 44.2 Å². The van der Waals surface area contributed by atoms with Gasteiger partial charge in [-0.3, -0.25) is 14.4 Å². The van der Waals surface area contributed by atoms with Crippen molar-refractivity contribution in [3.05, 3.63) is 58.6 Å². The van der Waals surface area contributed by atoms with Crippen molar-refractivity contribution in [3.8, 4) is 11.5 Å². The van der Waals surface area contributed by atoms with Crippen molar-refractivity contribution in [1.82, 2.24) is 14.8 Å². The molecule has 11 heteroatoms. The normalized spacial score (nSPS) is 13.8. The fourth-order valence-corrected chi connectivity index (χ4v) is 5.00. The summed E-state index contributed by atoms with van der Waals surface area (Å²) in [5.41, 5.74) is 6.34. The molecule has 1 aliphatic heterocycles. The number of rotatable bonds is 6. The molecule has 1 saturated heterocycles. The van der Waals surface area contributed by atoms with Gasteiger partial charge in [0.2, 0.25) is 11.8 Å². The third-order valence-corrected chi connectivity index (χ3v) is 6.74. The Bertz CT molecular complexity index is 1400. The van der Waals surface area contributed by atoms with Gasteiger partial charge < -0.3 is 20.4 Å². The zero-order valence-corrected chi connectivity index (χ0v) is 19.0. The summed E-state index contributed by atoms with van der Waals surface area (Å²) < 4.78 is 7.30. The number of carbonyl (C=O) groups excluding carboxylic acids is 2. The van der Waals surface area contributed by atoms with Crippen molar-refractivity contribution < 1.29 is 14.0 Å². The first kappa shape index (κ1) is 21.8. The van der Waals surface area contributed by atoms with E-state index in [0.717, 1.165) is 35.7 Å². The number of furan rings is 1. The highest BCUT2D eigenvalue weighted by atomic mass is 32.1. The summed E-state index contributed by atoms with van der Waals surface area (Å²) in [6.07, 6.45) is 4.90. The minimum absolute atomic E-state index is 0.269. The number of thiazole rings is 1. The summed E-state index contributed by atoms with van der Waals surface area (Å²) in [7, 11) is 0. The average Bonchev–Trinajstić information content (AvgIpc) is 3.53. The zero-order valence-electron chi connectivity index (χ0n) is 18.2. The first-order valence-corrected chi connectivity index (χ1v) is 11.7. The lowest BCUT2D eigenvalue weighted by Crippen LogP contribution is -2.30. The SMILES string of the molecule is NC(=O)c1ccc(NC(=O)Cn2nc(-c3ccco3)c3sc(N4CCCCC4)nc3c2=O)cc1. The van der Waals surface area contributed by atoms with Crippen LogP contribution < -0.4 is 21.5 Å². The van der Waals surface area contributed by atoms with E-state index < -0.39 is 17.4 Å². The number of anilines is 2. The summed E-state index contributed by atoms with van der Waals surface area (Å²) in [6.45, 7) is 1.49. The van der Waals surface area contributed by atoms with Crippen LogP contribution in [0, 0.1) is 0 Å². The van der Waals surface area contributed by atoms with Gasteiger partial charge in [0.05, 0.1) is 11.0 Å². The number of nitrogens with one attached hydrogen (secondary N) is 1. The molecule has 10 nitrogen and oxygen atoms in total. The monoisotopic (exact) mass is 478 g/mol. The second-order valence-corrected chi connectivity index (χ2v) is 8.98. The fraction of sp³-hybridized carbons (Fsp3) is 0.261. The molecule has 4 heterocycles.